The van der Waals surface area contributed by atoms with Gasteiger partial charge in [0.2, 0.25) is 5.88 Å². The van der Waals surface area contributed by atoms with E-state index in [-0.39, 0.29) is 6.10 Å². The summed E-state index contributed by atoms with van der Waals surface area (Å²) in [7, 11) is 0. The standard InChI is InChI=1S/C22H29N5O2/c1-16(2)26-27-17(3)23-21-15-22(29-19-11-13-28-14-12-19)25-20(24-21)10-9-18-7-5-4-6-8-18/h4-10,15-16,19,26H,11-14H2,1-3H3,(H,23,24,25,27)/b10-9+. The fourth-order valence-electron chi connectivity index (χ4n) is 2.77. The van der Waals surface area contributed by atoms with E-state index in [0.717, 1.165) is 18.4 Å². The minimum absolute atomic E-state index is 0.100. The number of aliphatic imine (C=N–C) groups is 1. The summed E-state index contributed by atoms with van der Waals surface area (Å²) >= 11 is 0. The molecule has 1 aliphatic heterocycles. The third-order valence-electron chi connectivity index (χ3n) is 4.21. The molecule has 2 heterocycles. The molecule has 0 bridgehead atoms. The van der Waals surface area contributed by atoms with Gasteiger partial charge in [0.1, 0.15) is 11.9 Å². The Hall–Kier alpha value is -2.77. The number of amidine groups is 1. The Labute approximate surface area is 172 Å². The lowest BCUT2D eigenvalue weighted by Gasteiger charge is -2.22. The van der Waals surface area contributed by atoms with E-state index in [1.165, 1.54) is 0 Å². The first-order valence-corrected chi connectivity index (χ1v) is 10.0. The molecular formula is C22H29N5O2. The SMILES string of the molecule is C/C(=N\c1cc(OC2CCOCC2)nc(/C=C/c2ccccc2)n1)NNC(C)C. The lowest BCUT2D eigenvalue weighted by molar-refractivity contribution is 0.0237. The summed E-state index contributed by atoms with van der Waals surface area (Å²) in [4.78, 5) is 13.7. The van der Waals surface area contributed by atoms with Gasteiger partial charge < -0.3 is 14.9 Å². The normalized spacial score (nSPS) is 15.8. The van der Waals surface area contributed by atoms with Crippen molar-refractivity contribution in [2.45, 2.75) is 45.8 Å². The predicted molar refractivity (Wildman–Crippen MR) is 116 cm³/mol. The number of aromatic nitrogens is 2. The average Bonchev–Trinajstić information content (AvgIpc) is 2.72. The highest BCUT2D eigenvalue weighted by molar-refractivity contribution is 5.81. The second-order valence-electron chi connectivity index (χ2n) is 7.22. The van der Waals surface area contributed by atoms with Crippen molar-refractivity contribution in [2.24, 2.45) is 4.99 Å². The van der Waals surface area contributed by atoms with Crippen LogP contribution in [0.2, 0.25) is 0 Å². The van der Waals surface area contributed by atoms with Gasteiger partial charge in [-0.2, -0.15) is 4.98 Å². The Morgan fingerprint density at radius 3 is 2.66 bits per heavy atom. The number of hydrazine groups is 1. The van der Waals surface area contributed by atoms with Gasteiger partial charge in [-0.3, -0.25) is 0 Å². The smallest absolute Gasteiger partial charge is 0.219 e. The summed E-state index contributed by atoms with van der Waals surface area (Å²) in [6.07, 6.45) is 5.67. The van der Waals surface area contributed by atoms with Gasteiger partial charge in [0.05, 0.1) is 13.2 Å². The highest BCUT2D eigenvalue weighted by Crippen LogP contribution is 2.21. The molecule has 154 valence electrons. The minimum Gasteiger partial charge on any atom is -0.474 e. The van der Waals surface area contributed by atoms with Crippen molar-refractivity contribution in [3.05, 3.63) is 47.8 Å². The molecule has 1 aromatic carbocycles. The molecule has 3 rings (SSSR count). The van der Waals surface area contributed by atoms with Crippen molar-refractivity contribution in [1.82, 2.24) is 20.8 Å². The van der Waals surface area contributed by atoms with Crippen molar-refractivity contribution in [3.8, 4) is 5.88 Å². The van der Waals surface area contributed by atoms with Gasteiger partial charge in [-0.15, -0.1) is 0 Å². The average molecular weight is 396 g/mol. The summed E-state index contributed by atoms with van der Waals surface area (Å²) in [6.45, 7) is 7.42. The van der Waals surface area contributed by atoms with Crippen LogP contribution < -0.4 is 15.6 Å². The van der Waals surface area contributed by atoms with Crippen molar-refractivity contribution >= 4 is 23.8 Å². The van der Waals surface area contributed by atoms with E-state index in [0.29, 0.717) is 42.6 Å². The molecule has 7 nitrogen and oxygen atoms in total. The lowest BCUT2D eigenvalue weighted by Crippen LogP contribution is -2.40. The van der Waals surface area contributed by atoms with Crippen LogP contribution in [0.15, 0.2) is 41.4 Å². The van der Waals surface area contributed by atoms with Crippen LogP contribution in [0.3, 0.4) is 0 Å². The number of nitrogens with zero attached hydrogens (tertiary/aromatic N) is 3. The molecule has 0 aliphatic carbocycles. The van der Waals surface area contributed by atoms with Gasteiger partial charge in [0.25, 0.3) is 0 Å². The third-order valence-corrected chi connectivity index (χ3v) is 4.21. The maximum atomic E-state index is 6.10. The lowest BCUT2D eigenvalue weighted by atomic mass is 10.1. The van der Waals surface area contributed by atoms with Gasteiger partial charge in [-0.1, -0.05) is 36.4 Å². The van der Waals surface area contributed by atoms with Crippen LogP contribution in [-0.4, -0.2) is 41.2 Å². The van der Waals surface area contributed by atoms with E-state index in [1.54, 1.807) is 6.07 Å². The molecule has 0 spiro atoms. The Kier molecular flexibility index (Phi) is 7.72. The van der Waals surface area contributed by atoms with E-state index in [4.69, 9.17) is 9.47 Å². The first-order chi connectivity index (χ1) is 14.1. The second kappa shape index (κ2) is 10.7. The largest absolute Gasteiger partial charge is 0.474 e. The fraction of sp³-hybridized carbons (Fsp3) is 0.409. The predicted octanol–water partition coefficient (Wildman–Crippen LogP) is 3.76. The Morgan fingerprint density at radius 2 is 1.93 bits per heavy atom. The fourth-order valence-corrected chi connectivity index (χ4v) is 2.77. The van der Waals surface area contributed by atoms with Crippen LogP contribution in [0.1, 0.15) is 45.0 Å². The van der Waals surface area contributed by atoms with Crippen LogP contribution in [-0.2, 0) is 4.74 Å². The quantitative estimate of drug-likeness (QED) is 0.422. The molecule has 1 saturated heterocycles. The second-order valence-corrected chi connectivity index (χ2v) is 7.22. The Morgan fingerprint density at radius 1 is 1.17 bits per heavy atom. The number of hydrogen-bond donors (Lipinski definition) is 2. The van der Waals surface area contributed by atoms with Gasteiger partial charge >= 0.3 is 0 Å². The number of benzene rings is 1. The molecular weight excluding hydrogens is 366 g/mol. The molecule has 0 unspecified atom stereocenters. The Balaban J connectivity index is 1.82. The number of ether oxygens (including phenoxy) is 2. The van der Waals surface area contributed by atoms with Gasteiger partial charge in [0.15, 0.2) is 11.6 Å². The molecule has 2 N–H and O–H groups in total. The van der Waals surface area contributed by atoms with Crippen LogP contribution >= 0.6 is 0 Å². The van der Waals surface area contributed by atoms with E-state index in [9.17, 15) is 0 Å². The molecule has 0 amide bonds. The maximum absolute atomic E-state index is 6.10. The Bertz CT molecular complexity index is 830. The van der Waals surface area contributed by atoms with Crippen LogP contribution in [0.25, 0.3) is 12.2 Å². The van der Waals surface area contributed by atoms with Crippen molar-refractivity contribution in [2.75, 3.05) is 13.2 Å². The van der Waals surface area contributed by atoms with Crippen LogP contribution in [0.5, 0.6) is 5.88 Å². The summed E-state index contributed by atoms with van der Waals surface area (Å²) < 4.78 is 11.5. The summed E-state index contributed by atoms with van der Waals surface area (Å²) in [6, 6.07) is 12.1. The highest BCUT2D eigenvalue weighted by atomic mass is 16.5. The maximum Gasteiger partial charge on any atom is 0.219 e. The van der Waals surface area contributed by atoms with Gasteiger partial charge in [-0.05, 0) is 32.4 Å². The summed E-state index contributed by atoms with van der Waals surface area (Å²) in [5.74, 6) is 2.35. The molecule has 0 radical (unpaired) electrons. The molecule has 2 aromatic rings. The summed E-state index contributed by atoms with van der Waals surface area (Å²) in [5, 5.41) is 0. The van der Waals surface area contributed by atoms with E-state index >= 15 is 0 Å². The molecule has 0 atom stereocenters. The molecule has 29 heavy (non-hydrogen) atoms. The van der Waals surface area contributed by atoms with Crippen LogP contribution in [0, 0.1) is 0 Å². The topological polar surface area (TPSA) is 80.7 Å². The molecule has 1 aliphatic rings. The van der Waals surface area contributed by atoms with Gasteiger partial charge in [-0.25, -0.2) is 15.4 Å². The van der Waals surface area contributed by atoms with E-state index < -0.39 is 0 Å². The first kappa shape index (κ1) is 21.0. The van der Waals surface area contributed by atoms with Crippen molar-refractivity contribution in [3.63, 3.8) is 0 Å². The van der Waals surface area contributed by atoms with Gasteiger partial charge in [0, 0.05) is 24.9 Å². The zero-order chi connectivity index (χ0) is 20.5. The van der Waals surface area contributed by atoms with E-state index in [2.05, 4.69) is 39.7 Å². The molecule has 1 aromatic heterocycles. The minimum atomic E-state index is 0.100. The monoisotopic (exact) mass is 395 g/mol. The van der Waals surface area contributed by atoms with E-state index in [1.807, 2.05) is 49.4 Å². The summed E-state index contributed by atoms with van der Waals surface area (Å²) in [5.41, 5.74) is 7.28. The zero-order valence-corrected chi connectivity index (χ0v) is 17.3. The molecule has 0 saturated carbocycles. The third kappa shape index (κ3) is 7.29. The number of nitrogens with one attached hydrogen (secondary N) is 2. The first-order valence-electron chi connectivity index (χ1n) is 10.0. The number of rotatable bonds is 7. The number of hydrogen-bond acceptors (Lipinski definition) is 6. The van der Waals surface area contributed by atoms with Crippen LogP contribution in [0.4, 0.5) is 5.82 Å². The zero-order valence-electron chi connectivity index (χ0n) is 17.3. The molecule has 1 fully saturated rings. The van der Waals surface area contributed by atoms with Crippen molar-refractivity contribution in [1.29, 1.82) is 0 Å². The highest BCUT2D eigenvalue weighted by Gasteiger charge is 2.16. The van der Waals surface area contributed by atoms with Crippen molar-refractivity contribution < 1.29 is 9.47 Å². The molecule has 7 heteroatoms.